The minimum Gasteiger partial charge on any atom is -0.484 e. The van der Waals surface area contributed by atoms with Gasteiger partial charge in [-0.05, 0) is 43.7 Å². The first-order valence-electron chi connectivity index (χ1n) is 7.08. The summed E-state index contributed by atoms with van der Waals surface area (Å²) in [5, 5.41) is 3.42. The second-order valence-corrected chi connectivity index (χ2v) is 5.41. The number of amides is 1. The fourth-order valence-electron chi connectivity index (χ4n) is 1.99. The molecule has 1 N–H and O–H groups in total. The molecule has 0 atom stereocenters. The molecule has 23 heavy (non-hydrogen) atoms. The zero-order chi connectivity index (χ0) is 16.8. The molecule has 0 aliphatic rings. The van der Waals surface area contributed by atoms with Gasteiger partial charge in [0.25, 0.3) is 5.91 Å². The molecule has 0 spiro atoms. The van der Waals surface area contributed by atoms with Gasteiger partial charge in [-0.1, -0.05) is 11.6 Å². The minimum atomic E-state index is -0.268. The van der Waals surface area contributed by atoms with Gasteiger partial charge in [0.05, 0.1) is 11.9 Å². The predicted molar refractivity (Wildman–Crippen MR) is 92.8 cm³/mol. The van der Waals surface area contributed by atoms with Gasteiger partial charge in [0.1, 0.15) is 5.75 Å². The summed E-state index contributed by atoms with van der Waals surface area (Å²) in [6, 6.07) is 6.83. The van der Waals surface area contributed by atoms with Gasteiger partial charge in [0.2, 0.25) is 0 Å². The Kier molecular flexibility index (Phi) is 5.71. The van der Waals surface area contributed by atoms with Crippen LogP contribution in [-0.2, 0) is 4.79 Å². The lowest BCUT2D eigenvalue weighted by Gasteiger charge is -2.12. The van der Waals surface area contributed by atoms with Crippen LogP contribution < -0.4 is 10.1 Å². The van der Waals surface area contributed by atoms with Crippen LogP contribution >= 0.6 is 11.6 Å². The molecule has 0 bridgehead atoms. The Hall–Kier alpha value is -2.40. The van der Waals surface area contributed by atoms with Gasteiger partial charge >= 0.3 is 0 Å². The van der Waals surface area contributed by atoms with Crippen LogP contribution in [0.3, 0.4) is 0 Å². The fraction of sp³-hybridized carbons (Fsp3) is 0.235. The maximum absolute atomic E-state index is 12.1. The van der Waals surface area contributed by atoms with E-state index in [4.69, 9.17) is 16.3 Å². The first kappa shape index (κ1) is 17.0. The molecule has 0 unspecified atom stereocenters. The molecule has 0 radical (unpaired) electrons. The molecule has 6 heteroatoms. The average Bonchev–Trinajstić information content (AvgIpc) is 2.54. The highest BCUT2D eigenvalue weighted by Gasteiger charge is 2.11. The normalized spacial score (nSPS) is 10.8. The number of pyridine rings is 1. The summed E-state index contributed by atoms with van der Waals surface area (Å²) < 4.78 is 5.42. The zero-order valence-electron chi connectivity index (χ0n) is 13.3. The summed E-state index contributed by atoms with van der Waals surface area (Å²) in [5.74, 6) is 0.314. The minimum absolute atomic E-state index is 0.0999. The Balaban J connectivity index is 2.05. The van der Waals surface area contributed by atoms with Gasteiger partial charge in [0, 0.05) is 29.5 Å². The van der Waals surface area contributed by atoms with E-state index < -0.39 is 0 Å². The standard InChI is InChI=1S/C17H18ClN3O2/c1-11-12(2)20-9-16(15(11)8-19-3)21-17(22)10-23-14-6-4-13(18)5-7-14/h4-9H,10H2,1-3H3,(H,21,22)/b19-8-. The van der Waals surface area contributed by atoms with Crippen molar-refractivity contribution in [3.8, 4) is 5.75 Å². The second-order valence-electron chi connectivity index (χ2n) is 4.97. The molecule has 0 saturated heterocycles. The molecule has 2 aromatic rings. The molecule has 5 nitrogen and oxygen atoms in total. The van der Waals surface area contributed by atoms with Crippen LogP contribution in [0.15, 0.2) is 35.5 Å². The second kappa shape index (κ2) is 7.74. The number of aromatic nitrogens is 1. The van der Waals surface area contributed by atoms with Crippen molar-refractivity contribution in [3.63, 3.8) is 0 Å². The summed E-state index contributed by atoms with van der Waals surface area (Å²) >= 11 is 5.80. The number of nitrogens with one attached hydrogen (secondary N) is 1. The van der Waals surface area contributed by atoms with Crippen molar-refractivity contribution in [2.45, 2.75) is 13.8 Å². The van der Waals surface area contributed by atoms with Gasteiger partial charge in [-0.15, -0.1) is 0 Å². The molecule has 0 aliphatic heterocycles. The van der Waals surface area contributed by atoms with Crippen LogP contribution in [0.25, 0.3) is 0 Å². The van der Waals surface area contributed by atoms with Crippen molar-refractivity contribution in [2.75, 3.05) is 19.0 Å². The van der Waals surface area contributed by atoms with Gasteiger partial charge in [-0.3, -0.25) is 14.8 Å². The van der Waals surface area contributed by atoms with E-state index in [1.165, 1.54) is 0 Å². The summed E-state index contributed by atoms with van der Waals surface area (Å²) in [4.78, 5) is 20.4. The third kappa shape index (κ3) is 4.53. The SMILES string of the molecule is C/N=C\c1c(NC(=O)COc2ccc(Cl)cc2)cnc(C)c1C. The van der Waals surface area contributed by atoms with Crippen LogP contribution in [0.2, 0.25) is 5.02 Å². The number of ether oxygens (including phenoxy) is 1. The summed E-state index contributed by atoms with van der Waals surface area (Å²) in [5.41, 5.74) is 3.34. The number of nitrogens with zero attached hydrogens (tertiary/aromatic N) is 2. The average molecular weight is 332 g/mol. The van der Waals surface area contributed by atoms with E-state index in [0.29, 0.717) is 16.5 Å². The van der Waals surface area contributed by atoms with Crippen molar-refractivity contribution in [1.82, 2.24) is 4.98 Å². The molecule has 1 aromatic carbocycles. The molecule has 1 heterocycles. The van der Waals surface area contributed by atoms with Crippen molar-refractivity contribution >= 4 is 29.4 Å². The van der Waals surface area contributed by atoms with Crippen LogP contribution in [0.1, 0.15) is 16.8 Å². The molecule has 1 aromatic heterocycles. The Bertz CT molecular complexity index is 727. The zero-order valence-corrected chi connectivity index (χ0v) is 14.0. The van der Waals surface area contributed by atoms with E-state index in [0.717, 1.165) is 16.8 Å². The largest absolute Gasteiger partial charge is 0.484 e. The van der Waals surface area contributed by atoms with Gasteiger partial charge in [-0.25, -0.2) is 0 Å². The number of halogens is 1. The summed E-state index contributed by atoms with van der Waals surface area (Å²) in [6.45, 7) is 3.76. The number of hydrogen-bond acceptors (Lipinski definition) is 4. The maximum Gasteiger partial charge on any atom is 0.262 e. The van der Waals surface area contributed by atoms with Crippen molar-refractivity contribution in [2.24, 2.45) is 4.99 Å². The van der Waals surface area contributed by atoms with E-state index in [-0.39, 0.29) is 12.5 Å². The predicted octanol–water partition coefficient (Wildman–Crippen LogP) is 3.42. The Labute approximate surface area is 140 Å². The molecular formula is C17H18ClN3O2. The molecule has 2 rings (SSSR count). The molecule has 0 fully saturated rings. The van der Waals surface area contributed by atoms with Crippen LogP contribution in [0.4, 0.5) is 5.69 Å². The topological polar surface area (TPSA) is 63.6 Å². The Morgan fingerprint density at radius 3 is 2.70 bits per heavy atom. The molecule has 0 saturated carbocycles. The van der Waals surface area contributed by atoms with Gasteiger partial charge in [-0.2, -0.15) is 0 Å². The quantitative estimate of drug-likeness (QED) is 0.854. The smallest absolute Gasteiger partial charge is 0.262 e. The first-order chi connectivity index (χ1) is 11.0. The van der Waals surface area contributed by atoms with E-state index in [1.54, 1.807) is 43.7 Å². The van der Waals surface area contributed by atoms with E-state index >= 15 is 0 Å². The lowest BCUT2D eigenvalue weighted by Crippen LogP contribution is -2.21. The number of aryl methyl sites for hydroxylation is 1. The number of aliphatic imine (C=N–C) groups is 1. The maximum atomic E-state index is 12.1. The Morgan fingerprint density at radius 2 is 2.04 bits per heavy atom. The highest BCUT2D eigenvalue weighted by Crippen LogP contribution is 2.19. The number of carbonyl (C=O) groups is 1. The van der Waals surface area contributed by atoms with E-state index in [9.17, 15) is 4.79 Å². The van der Waals surface area contributed by atoms with Crippen molar-refractivity contribution in [1.29, 1.82) is 0 Å². The first-order valence-corrected chi connectivity index (χ1v) is 7.45. The molecule has 1 amide bonds. The van der Waals surface area contributed by atoms with Crippen molar-refractivity contribution in [3.05, 3.63) is 52.3 Å². The molecule has 120 valence electrons. The Morgan fingerprint density at radius 1 is 1.35 bits per heavy atom. The number of benzene rings is 1. The highest BCUT2D eigenvalue weighted by molar-refractivity contribution is 6.30. The summed E-state index contributed by atoms with van der Waals surface area (Å²) in [6.07, 6.45) is 3.33. The third-order valence-electron chi connectivity index (χ3n) is 3.34. The lowest BCUT2D eigenvalue weighted by molar-refractivity contribution is -0.118. The fourth-order valence-corrected chi connectivity index (χ4v) is 2.11. The van der Waals surface area contributed by atoms with E-state index in [1.807, 2.05) is 13.8 Å². The number of rotatable bonds is 5. The number of hydrogen-bond donors (Lipinski definition) is 1. The van der Waals surface area contributed by atoms with Crippen molar-refractivity contribution < 1.29 is 9.53 Å². The van der Waals surface area contributed by atoms with Gasteiger partial charge in [0.15, 0.2) is 6.61 Å². The third-order valence-corrected chi connectivity index (χ3v) is 3.59. The molecular weight excluding hydrogens is 314 g/mol. The summed E-state index contributed by atoms with van der Waals surface area (Å²) in [7, 11) is 1.68. The van der Waals surface area contributed by atoms with Crippen LogP contribution in [0, 0.1) is 13.8 Å². The van der Waals surface area contributed by atoms with Crippen LogP contribution in [-0.4, -0.2) is 30.8 Å². The monoisotopic (exact) mass is 331 g/mol. The van der Waals surface area contributed by atoms with Gasteiger partial charge < -0.3 is 10.1 Å². The van der Waals surface area contributed by atoms with Crippen LogP contribution in [0.5, 0.6) is 5.75 Å². The van der Waals surface area contributed by atoms with E-state index in [2.05, 4.69) is 15.3 Å². The lowest BCUT2D eigenvalue weighted by atomic mass is 10.1. The number of carbonyl (C=O) groups excluding carboxylic acids is 1. The molecule has 0 aliphatic carbocycles. The number of anilines is 1. The highest BCUT2D eigenvalue weighted by atomic mass is 35.5.